The molecular weight excluding hydrogens is 335 g/mol. The molecule has 0 aliphatic rings. The van der Waals surface area contributed by atoms with E-state index in [0.717, 1.165) is 5.75 Å². The molecule has 0 saturated carbocycles. The molecule has 0 aliphatic heterocycles. The lowest BCUT2D eigenvalue weighted by Gasteiger charge is -2.27. The molecule has 0 N–H and O–H groups in total. The van der Waals surface area contributed by atoms with Crippen LogP contribution in [0, 0.1) is 41.5 Å². The summed E-state index contributed by atoms with van der Waals surface area (Å²) in [5.41, 5.74) is 7.56. The first-order valence-corrected chi connectivity index (χ1v) is 10.3. The van der Waals surface area contributed by atoms with E-state index in [4.69, 9.17) is 4.52 Å². The Bertz CT molecular complexity index is 831. The molecule has 0 fully saturated rings. The summed E-state index contributed by atoms with van der Waals surface area (Å²) in [5.74, 6) is 1.02. The summed E-state index contributed by atoms with van der Waals surface area (Å²) in [4.78, 5) is 0. The fourth-order valence-corrected chi connectivity index (χ4v) is 5.95. The zero-order valence-electron chi connectivity index (χ0n) is 16.6. The van der Waals surface area contributed by atoms with Gasteiger partial charge in [-0.1, -0.05) is 54.6 Å². The Morgan fingerprint density at radius 1 is 0.500 bits per heavy atom. The molecular formula is C24H27OP. The van der Waals surface area contributed by atoms with E-state index in [9.17, 15) is 0 Å². The number of aryl methyl sites for hydroxylation is 6. The van der Waals surface area contributed by atoms with Crippen molar-refractivity contribution in [3.8, 4) is 5.75 Å². The molecule has 3 aromatic carbocycles. The van der Waals surface area contributed by atoms with Crippen LogP contribution in [0.25, 0.3) is 0 Å². The van der Waals surface area contributed by atoms with E-state index < -0.39 is 8.15 Å². The predicted octanol–water partition coefficient (Wildman–Crippen LogP) is 5.96. The van der Waals surface area contributed by atoms with Crippen LogP contribution in [0.3, 0.4) is 0 Å². The van der Waals surface area contributed by atoms with Crippen molar-refractivity contribution in [2.75, 3.05) is 0 Å². The van der Waals surface area contributed by atoms with Crippen LogP contribution in [0.2, 0.25) is 0 Å². The van der Waals surface area contributed by atoms with E-state index in [-0.39, 0.29) is 0 Å². The molecule has 0 unspecified atom stereocenters. The maximum absolute atomic E-state index is 6.84. The number of para-hydroxylation sites is 1. The number of hydrogen-bond acceptors (Lipinski definition) is 1. The lowest BCUT2D eigenvalue weighted by Crippen LogP contribution is -2.24. The Kier molecular flexibility index (Phi) is 5.49. The van der Waals surface area contributed by atoms with Gasteiger partial charge < -0.3 is 4.52 Å². The summed E-state index contributed by atoms with van der Waals surface area (Å²) >= 11 is 0. The first-order valence-electron chi connectivity index (χ1n) is 9.07. The molecule has 0 saturated heterocycles. The zero-order valence-corrected chi connectivity index (χ0v) is 17.4. The Labute approximate surface area is 158 Å². The van der Waals surface area contributed by atoms with Gasteiger partial charge in [0, 0.05) is 10.6 Å². The zero-order chi connectivity index (χ0) is 18.8. The second-order valence-electron chi connectivity index (χ2n) is 7.09. The third-order valence-corrected chi connectivity index (χ3v) is 7.46. The molecule has 0 heterocycles. The quantitative estimate of drug-likeness (QED) is 0.520. The predicted molar refractivity (Wildman–Crippen MR) is 115 cm³/mol. The largest absolute Gasteiger partial charge is 0.464 e. The van der Waals surface area contributed by atoms with Crippen molar-refractivity contribution in [2.45, 2.75) is 41.5 Å². The minimum Gasteiger partial charge on any atom is -0.464 e. The average molecular weight is 362 g/mol. The van der Waals surface area contributed by atoms with Crippen molar-refractivity contribution < 1.29 is 4.52 Å². The van der Waals surface area contributed by atoms with Crippen LogP contribution in [0.4, 0.5) is 0 Å². The van der Waals surface area contributed by atoms with Crippen LogP contribution in [0.5, 0.6) is 5.75 Å². The van der Waals surface area contributed by atoms with Gasteiger partial charge in [-0.15, -0.1) is 0 Å². The Morgan fingerprint density at radius 3 is 1.15 bits per heavy atom. The highest BCUT2D eigenvalue weighted by atomic mass is 31.1. The van der Waals surface area contributed by atoms with Crippen LogP contribution in [0.15, 0.2) is 54.6 Å². The van der Waals surface area contributed by atoms with Crippen molar-refractivity contribution in [2.24, 2.45) is 0 Å². The van der Waals surface area contributed by atoms with E-state index in [1.54, 1.807) is 0 Å². The lowest BCUT2D eigenvalue weighted by atomic mass is 10.1. The van der Waals surface area contributed by atoms with Crippen molar-refractivity contribution >= 4 is 18.8 Å². The summed E-state index contributed by atoms with van der Waals surface area (Å²) in [5, 5.41) is 2.67. The van der Waals surface area contributed by atoms with E-state index >= 15 is 0 Å². The molecule has 0 radical (unpaired) electrons. The first-order chi connectivity index (χ1) is 12.4. The summed E-state index contributed by atoms with van der Waals surface area (Å²) < 4.78 is 6.84. The average Bonchev–Trinajstić information content (AvgIpc) is 2.57. The summed E-state index contributed by atoms with van der Waals surface area (Å²) in [6.45, 7) is 13.0. The SMILES string of the molecule is Cc1cccc(C)c1OP(c1c(C)cccc1C)c1c(C)cccc1C. The molecule has 0 aliphatic carbocycles. The van der Waals surface area contributed by atoms with Gasteiger partial charge in [-0.3, -0.25) is 0 Å². The molecule has 0 bridgehead atoms. The van der Waals surface area contributed by atoms with Gasteiger partial charge in [-0.05, 0) is 74.9 Å². The van der Waals surface area contributed by atoms with Gasteiger partial charge in [0.2, 0.25) is 0 Å². The van der Waals surface area contributed by atoms with Gasteiger partial charge in [0.15, 0.2) is 8.15 Å². The highest BCUT2D eigenvalue weighted by Gasteiger charge is 2.25. The van der Waals surface area contributed by atoms with Gasteiger partial charge in [-0.2, -0.15) is 0 Å². The van der Waals surface area contributed by atoms with Crippen LogP contribution in [-0.2, 0) is 0 Å². The van der Waals surface area contributed by atoms with Gasteiger partial charge >= 0.3 is 0 Å². The number of hydrogen-bond donors (Lipinski definition) is 0. The third-order valence-electron chi connectivity index (χ3n) is 4.88. The molecule has 2 heteroatoms. The lowest BCUT2D eigenvalue weighted by molar-refractivity contribution is 0.617. The molecule has 0 spiro atoms. The topological polar surface area (TPSA) is 9.23 Å². The standard InChI is InChI=1S/C24H27OP/c1-16-10-7-11-17(2)22(16)25-26(23-18(3)12-8-13-19(23)4)24-20(5)14-9-15-21(24)6/h7-15H,1-6H3. The maximum Gasteiger partial charge on any atom is 0.151 e. The van der Waals surface area contributed by atoms with E-state index in [1.165, 1.54) is 44.0 Å². The minimum atomic E-state index is -0.943. The number of rotatable bonds is 4. The summed E-state index contributed by atoms with van der Waals surface area (Å²) in [7, 11) is -0.943. The first kappa shape index (κ1) is 18.7. The minimum absolute atomic E-state index is 0.943. The van der Waals surface area contributed by atoms with Crippen molar-refractivity contribution in [1.82, 2.24) is 0 Å². The Morgan fingerprint density at radius 2 is 0.808 bits per heavy atom. The maximum atomic E-state index is 6.84. The summed E-state index contributed by atoms with van der Waals surface area (Å²) in [6, 6.07) is 19.4. The second-order valence-corrected chi connectivity index (χ2v) is 8.75. The van der Waals surface area contributed by atoms with Gasteiger partial charge in [0.1, 0.15) is 5.75 Å². The molecule has 134 valence electrons. The summed E-state index contributed by atoms with van der Waals surface area (Å²) in [6.07, 6.45) is 0. The Hall–Kier alpha value is -2.11. The van der Waals surface area contributed by atoms with Crippen LogP contribution in [0.1, 0.15) is 33.4 Å². The van der Waals surface area contributed by atoms with Crippen LogP contribution < -0.4 is 15.1 Å². The van der Waals surface area contributed by atoms with Crippen LogP contribution in [-0.4, -0.2) is 0 Å². The fraction of sp³-hybridized carbons (Fsp3) is 0.250. The highest BCUT2D eigenvalue weighted by molar-refractivity contribution is 7.69. The third kappa shape index (κ3) is 3.55. The van der Waals surface area contributed by atoms with Crippen molar-refractivity contribution in [3.63, 3.8) is 0 Å². The monoisotopic (exact) mass is 362 g/mol. The van der Waals surface area contributed by atoms with E-state index in [2.05, 4.69) is 96.1 Å². The smallest absolute Gasteiger partial charge is 0.151 e. The van der Waals surface area contributed by atoms with Gasteiger partial charge in [0.25, 0.3) is 0 Å². The van der Waals surface area contributed by atoms with Gasteiger partial charge in [-0.25, -0.2) is 0 Å². The van der Waals surface area contributed by atoms with Crippen LogP contribution >= 0.6 is 8.15 Å². The fourth-order valence-electron chi connectivity index (χ4n) is 3.49. The second kappa shape index (κ2) is 7.64. The molecule has 0 atom stereocenters. The molecule has 0 aromatic heterocycles. The van der Waals surface area contributed by atoms with E-state index in [1.807, 2.05) is 0 Å². The molecule has 0 amide bonds. The highest BCUT2D eigenvalue weighted by Crippen LogP contribution is 2.42. The van der Waals surface area contributed by atoms with E-state index in [0.29, 0.717) is 0 Å². The Balaban J connectivity index is 2.24. The molecule has 1 nitrogen and oxygen atoms in total. The van der Waals surface area contributed by atoms with Crippen molar-refractivity contribution in [1.29, 1.82) is 0 Å². The van der Waals surface area contributed by atoms with Gasteiger partial charge in [0.05, 0.1) is 0 Å². The normalized spacial score (nSPS) is 11.0. The molecule has 26 heavy (non-hydrogen) atoms. The van der Waals surface area contributed by atoms with Crippen molar-refractivity contribution in [3.05, 3.63) is 88.0 Å². The number of benzene rings is 3. The molecule has 3 aromatic rings. The molecule has 3 rings (SSSR count).